The van der Waals surface area contributed by atoms with Crippen molar-refractivity contribution in [2.24, 2.45) is 0 Å². The Kier molecular flexibility index (Phi) is 4.54. The van der Waals surface area contributed by atoms with E-state index in [2.05, 4.69) is 25.1 Å². The fraction of sp³-hybridized carbons (Fsp3) is 0.471. The van der Waals surface area contributed by atoms with Crippen LogP contribution in [0.25, 0.3) is 17.8 Å². The highest BCUT2D eigenvalue weighted by molar-refractivity contribution is 5.65. The van der Waals surface area contributed by atoms with Gasteiger partial charge < -0.3 is 4.90 Å². The number of hydrogen-bond acceptors (Lipinski definition) is 6. The van der Waals surface area contributed by atoms with Gasteiger partial charge in [-0.1, -0.05) is 0 Å². The van der Waals surface area contributed by atoms with Crippen molar-refractivity contribution in [2.45, 2.75) is 39.7 Å². The predicted molar refractivity (Wildman–Crippen MR) is 96.7 cm³/mol. The van der Waals surface area contributed by atoms with E-state index in [1.807, 2.05) is 18.7 Å². The first-order chi connectivity index (χ1) is 13.0. The Labute approximate surface area is 154 Å². The van der Waals surface area contributed by atoms with E-state index in [4.69, 9.17) is 0 Å². The van der Waals surface area contributed by atoms with Gasteiger partial charge in [0.05, 0.1) is 11.4 Å². The number of alkyl halides is 2. The van der Waals surface area contributed by atoms with Crippen molar-refractivity contribution in [2.75, 3.05) is 18.0 Å². The van der Waals surface area contributed by atoms with Gasteiger partial charge >= 0.3 is 0 Å². The molecule has 0 atom stereocenters. The fourth-order valence-electron chi connectivity index (χ4n) is 3.11. The molecule has 1 aliphatic rings. The first-order valence-corrected chi connectivity index (χ1v) is 8.86. The molecule has 1 fully saturated rings. The lowest BCUT2D eigenvalue weighted by Gasteiger charge is -2.10. The lowest BCUT2D eigenvalue weighted by molar-refractivity contribution is 0.121. The van der Waals surface area contributed by atoms with Gasteiger partial charge in [0.1, 0.15) is 6.54 Å². The Morgan fingerprint density at radius 2 is 1.89 bits per heavy atom. The number of fused-ring (bicyclic) bond motifs is 1. The quantitative estimate of drug-likeness (QED) is 0.682. The van der Waals surface area contributed by atoms with Crippen molar-refractivity contribution in [1.82, 2.24) is 34.3 Å². The highest BCUT2D eigenvalue weighted by atomic mass is 19.3. The number of nitrogens with zero attached hydrogens (tertiary/aromatic N) is 8. The molecule has 0 unspecified atom stereocenters. The summed E-state index contributed by atoms with van der Waals surface area (Å²) in [6.45, 7) is 4.95. The molecule has 0 radical (unpaired) electrons. The molecule has 1 aliphatic heterocycles. The standard InChI is InChI=1S/C17H20F2N8/c1-11-9-20-12(2)16-21-14(23-27(11)16)5-6-15-22-17(25-7-3-4-8-25)24-26(15)10-13(18)19/h5-6,9,13H,3-4,7-8,10H2,1-2H3/b6-5+. The zero-order valence-electron chi connectivity index (χ0n) is 15.2. The number of rotatable bonds is 5. The topological polar surface area (TPSA) is 77.0 Å². The van der Waals surface area contributed by atoms with Gasteiger partial charge in [-0.2, -0.15) is 4.98 Å². The molecule has 1 saturated heterocycles. The van der Waals surface area contributed by atoms with Crippen LogP contribution >= 0.6 is 0 Å². The zero-order chi connectivity index (χ0) is 19.0. The molecular formula is C17H20F2N8. The highest BCUT2D eigenvalue weighted by Crippen LogP contribution is 2.18. The van der Waals surface area contributed by atoms with Crippen molar-refractivity contribution in [1.29, 1.82) is 0 Å². The number of aromatic nitrogens is 7. The van der Waals surface area contributed by atoms with Crippen LogP contribution < -0.4 is 4.90 Å². The van der Waals surface area contributed by atoms with Crippen LogP contribution in [0.15, 0.2) is 6.20 Å². The van der Waals surface area contributed by atoms with Gasteiger partial charge in [0, 0.05) is 19.3 Å². The van der Waals surface area contributed by atoms with Gasteiger partial charge in [-0.3, -0.25) is 4.98 Å². The second-order valence-corrected chi connectivity index (χ2v) is 6.56. The summed E-state index contributed by atoms with van der Waals surface area (Å²) in [4.78, 5) is 15.2. The van der Waals surface area contributed by atoms with Crippen molar-refractivity contribution in [3.63, 3.8) is 0 Å². The summed E-state index contributed by atoms with van der Waals surface area (Å²) in [5, 5.41) is 8.69. The maximum absolute atomic E-state index is 12.9. The summed E-state index contributed by atoms with van der Waals surface area (Å²) >= 11 is 0. The van der Waals surface area contributed by atoms with Crippen molar-refractivity contribution in [3.05, 3.63) is 29.2 Å². The number of aryl methyl sites for hydroxylation is 2. The van der Waals surface area contributed by atoms with Crippen molar-refractivity contribution >= 4 is 23.7 Å². The van der Waals surface area contributed by atoms with E-state index in [1.54, 1.807) is 22.9 Å². The normalized spacial score (nSPS) is 15.1. The van der Waals surface area contributed by atoms with Crippen LogP contribution in [0.4, 0.5) is 14.7 Å². The molecule has 3 aromatic heterocycles. The highest BCUT2D eigenvalue weighted by Gasteiger charge is 2.19. The molecule has 27 heavy (non-hydrogen) atoms. The Morgan fingerprint density at radius 3 is 2.59 bits per heavy atom. The van der Waals surface area contributed by atoms with E-state index in [0.29, 0.717) is 23.2 Å². The fourth-order valence-corrected chi connectivity index (χ4v) is 3.11. The second-order valence-electron chi connectivity index (χ2n) is 6.56. The molecule has 4 heterocycles. The van der Waals surface area contributed by atoms with Crippen LogP contribution in [0.1, 0.15) is 35.9 Å². The molecule has 10 heteroatoms. The van der Waals surface area contributed by atoms with E-state index in [1.165, 1.54) is 4.68 Å². The summed E-state index contributed by atoms with van der Waals surface area (Å²) in [6, 6.07) is 0. The Morgan fingerprint density at radius 1 is 1.11 bits per heavy atom. The molecule has 0 spiro atoms. The molecule has 0 saturated carbocycles. The van der Waals surface area contributed by atoms with Gasteiger partial charge in [-0.05, 0) is 38.8 Å². The van der Waals surface area contributed by atoms with Crippen LogP contribution in [0.3, 0.4) is 0 Å². The first-order valence-electron chi connectivity index (χ1n) is 8.86. The van der Waals surface area contributed by atoms with Gasteiger partial charge in [0.2, 0.25) is 5.95 Å². The molecule has 0 N–H and O–H groups in total. The van der Waals surface area contributed by atoms with Gasteiger partial charge in [0.15, 0.2) is 17.3 Å². The third-order valence-electron chi connectivity index (χ3n) is 4.50. The minimum atomic E-state index is -2.50. The molecule has 142 valence electrons. The van der Waals surface area contributed by atoms with E-state index in [-0.39, 0.29) is 0 Å². The van der Waals surface area contributed by atoms with E-state index >= 15 is 0 Å². The molecule has 4 rings (SSSR count). The third-order valence-corrected chi connectivity index (χ3v) is 4.50. The average Bonchev–Trinajstić information content (AvgIpc) is 3.35. The number of halogens is 2. The number of hydrogen-bond donors (Lipinski definition) is 0. The van der Waals surface area contributed by atoms with E-state index in [0.717, 1.165) is 37.3 Å². The smallest absolute Gasteiger partial charge is 0.258 e. The van der Waals surface area contributed by atoms with E-state index in [9.17, 15) is 8.78 Å². The Hall–Kier alpha value is -2.91. The molecule has 0 aromatic carbocycles. The van der Waals surface area contributed by atoms with Crippen LogP contribution in [0.5, 0.6) is 0 Å². The summed E-state index contributed by atoms with van der Waals surface area (Å²) in [7, 11) is 0. The summed E-state index contributed by atoms with van der Waals surface area (Å²) < 4.78 is 28.8. The lowest BCUT2D eigenvalue weighted by atomic mass is 10.4. The largest absolute Gasteiger partial charge is 0.340 e. The number of anilines is 1. The lowest BCUT2D eigenvalue weighted by Crippen LogP contribution is -2.19. The van der Waals surface area contributed by atoms with Gasteiger partial charge in [-0.15, -0.1) is 10.2 Å². The van der Waals surface area contributed by atoms with Crippen LogP contribution in [0, 0.1) is 13.8 Å². The van der Waals surface area contributed by atoms with Crippen LogP contribution in [-0.2, 0) is 6.54 Å². The maximum atomic E-state index is 12.9. The van der Waals surface area contributed by atoms with Crippen LogP contribution in [-0.4, -0.2) is 53.9 Å². The van der Waals surface area contributed by atoms with Gasteiger partial charge in [0.25, 0.3) is 6.43 Å². The molecule has 0 aliphatic carbocycles. The summed E-state index contributed by atoms with van der Waals surface area (Å²) in [5.74, 6) is 1.32. The minimum Gasteiger partial charge on any atom is -0.340 e. The molecule has 0 bridgehead atoms. The van der Waals surface area contributed by atoms with Crippen molar-refractivity contribution < 1.29 is 8.78 Å². The predicted octanol–water partition coefficient (Wildman–Crippen LogP) is 2.37. The first kappa shape index (κ1) is 17.5. The molecule has 3 aromatic rings. The van der Waals surface area contributed by atoms with E-state index < -0.39 is 13.0 Å². The SMILES string of the molecule is Cc1ncc(C)n2nc(/C=C/c3nc(N4CCCC4)nn3CC(F)F)nc12. The van der Waals surface area contributed by atoms with Gasteiger partial charge in [-0.25, -0.2) is 23.0 Å². The molecular weight excluding hydrogens is 354 g/mol. The zero-order valence-corrected chi connectivity index (χ0v) is 15.2. The minimum absolute atomic E-state index is 0.364. The average molecular weight is 374 g/mol. The second kappa shape index (κ2) is 7.01. The summed E-state index contributed by atoms with van der Waals surface area (Å²) in [6.07, 6.45) is 4.63. The third kappa shape index (κ3) is 3.51. The summed E-state index contributed by atoms with van der Waals surface area (Å²) in [5.41, 5.74) is 2.30. The monoisotopic (exact) mass is 374 g/mol. The molecule has 8 nitrogen and oxygen atoms in total. The Bertz CT molecular complexity index is 945. The molecule has 0 amide bonds. The van der Waals surface area contributed by atoms with Crippen molar-refractivity contribution in [3.8, 4) is 0 Å². The maximum Gasteiger partial charge on any atom is 0.258 e. The van der Waals surface area contributed by atoms with Crippen LogP contribution in [0.2, 0.25) is 0 Å². The Balaban J connectivity index is 1.66.